The minimum atomic E-state index is -3.96. The molecule has 17 heteroatoms. The van der Waals surface area contributed by atoms with E-state index < -0.39 is 110 Å². The Bertz CT molecular complexity index is 1320. The minimum absolute atomic E-state index is 0.795. The second-order valence-electron chi connectivity index (χ2n) is 10.2. The molecule has 1 nitrogen and oxygen atoms in total. The lowest BCUT2D eigenvalue weighted by Gasteiger charge is -2.33. The summed E-state index contributed by atoms with van der Waals surface area (Å²) in [4.78, 5) is 0. The van der Waals surface area contributed by atoms with Crippen LogP contribution >= 0.6 is 0 Å². The third kappa shape index (κ3) is 6.38. The Morgan fingerprint density at radius 3 is 0.864 bits per heavy atom. The van der Waals surface area contributed by atoms with E-state index in [2.05, 4.69) is 19.2 Å². The van der Waals surface area contributed by atoms with E-state index in [-0.39, 0.29) is 0 Å². The number of nitrogens with two attached hydrogens (primary N) is 1. The van der Waals surface area contributed by atoms with E-state index in [1.54, 1.807) is 0 Å². The van der Waals surface area contributed by atoms with Crippen molar-refractivity contribution < 1.29 is 71.2 Å². The molecule has 44 heavy (non-hydrogen) atoms. The average molecular weight is 654 g/mol. The normalized spacial score (nSPS) is 14.0. The van der Waals surface area contributed by atoms with Crippen LogP contribution in [0, 0.1) is 87.3 Å². The van der Waals surface area contributed by atoms with Gasteiger partial charge in [0.1, 0.15) is 34.9 Å². The van der Waals surface area contributed by atoms with E-state index in [0.29, 0.717) is 0 Å². The number of rotatable bonds is 5. The molecule has 0 aliphatic heterocycles. The molecule has 0 atom stereocenters. The minimum Gasteiger partial charge on any atom is -0.342 e. The Labute approximate surface area is 240 Å². The molecule has 3 aromatic rings. The molecule has 0 bridgehead atoms. The summed E-state index contributed by atoms with van der Waals surface area (Å²) in [6.07, 6.45) is 7.32. The molecule has 0 unspecified atom stereocenters. The quantitative estimate of drug-likeness (QED) is 0.160. The second-order valence-corrected chi connectivity index (χ2v) is 10.2. The van der Waals surface area contributed by atoms with Crippen molar-refractivity contribution in [3.05, 3.63) is 87.3 Å². The number of halogens is 15. The van der Waals surface area contributed by atoms with Crippen molar-refractivity contribution >= 4 is 23.1 Å². The monoisotopic (exact) mass is 654 g/mol. The number of hydrogen-bond acceptors (Lipinski definition) is 0. The van der Waals surface area contributed by atoms with Crippen LogP contribution in [0.15, 0.2) is 0 Å². The molecule has 1 fully saturated rings. The highest BCUT2D eigenvalue weighted by Crippen LogP contribution is 2.23. The molecule has 1 aliphatic rings. The Hall–Kier alpha value is -3.37. The molecule has 3 aromatic carbocycles. The topological polar surface area (TPSA) is 16.6 Å². The van der Waals surface area contributed by atoms with Crippen LogP contribution in [0.2, 0.25) is 0 Å². The molecule has 2 N–H and O–H groups in total. The fourth-order valence-corrected chi connectivity index (χ4v) is 4.93. The lowest BCUT2D eigenvalue weighted by atomic mass is 9.36. The van der Waals surface area contributed by atoms with Crippen LogP contribution in [0.5, 0.6) is 0 Å². The molecule has 1 aliphatic carbocycles. The Kier molecular flexibility index (Phi) is 11.0. The summed E-state index contributed by atoms with van der Waals surface area (Å²) in [5.74, 6) is -45.2. The molecule has 0 aromatic heterocycles. The molecule has 241 valence electrons. The summed E-state index contributed by atoms with van der Waals surface area (Å²) in [5.41, 5.74) is -8.03. The first-order chi connectivity index (χ1) is 20.4. The summed E-state index contributed by atoms with van der Waals surface area (Å²) >= 11 is 0. The van der Waals surface area contributed by atoms with E-state index in [9.17, 15) is 65.9 Å². The lowest BCUT2D eigenvalue weighted by molar-refractivity contribution is -0.717. The third-order valence-electron chi connectivity index (χ3n) is 6.90. The molecule has 0 spiro atoms. The maximum absolute atomic E-state index is 14.4. The largest absolute Gasteiger partial charge is 0.342 e. The molecule has 0 heterocycles. The standard InChI is InChI=1S/C18BF15.C9H19N/c20-4-1(5(21)11(27)16(32)10(4)26)19(2-6(22)12(28)17(33)13(29)7(2)23)3-8(24)14(30)18(34)15(31)9(3)25;1-8(2)10-9-6-4-3-5-7-9/h;8-10H,3-7H2,1-2H3/q-1;/p+1. The maximum atomic E-state index is 14.4. The van der Waals surface area contributed by atoms with Gasteiger partial charge in [0.2, 0.25) is 0 Å². The fraction of sp³-hybridized carbons (Fsp3) is 0.333. The van der Waals surface area contributed by atoms with Gasteiger partial charge < -0.3 is 5.32 Å². The van der Waals surface area contributed by atoms with Crippen molar-refractivity contribution in [3.8, 4) is 0 Å². The second kappa shape index (κ2) is 13.7. The van der Waals surface area contributed by atoms with E-state index in [4.69, 9.17) is 0 Å². The van der Waals surface area contributed by atoms with Crippen LogP contribution in [-0.2, 0) is 0 Å². The van der Waals surface area contributed by atoms with Gasteiger partial charge in [0.05, 0.1) is 12.1 Å². The Balaban J connectivity index is 0.000000448. The van der Waals surface area contributed by atoms with Crippen molar-refractivity contribution in [2.24, 2.45) is 0 Å². The van der Waals surface area contributed by atoms with Crippen molar-refractivity contribution in [1.82, 2.24) is 0 Å². The SMILES string of the molecule is CC(C)[NH2+]C1CCCCC1.Fc1c(F)c(F)c([B-](c2c(F)c(F)c(F)c(F)c2F)c2c(F)c(F)c(F)c(F)c2F)c(F)c1F. The van der Waals surface area contributed by atoms with Crippen molar-refractivity contribution in [2.75, 3.05) is 0 Å². The number of quaternary nitrogens is 1. The van der Waals surface area contributed by atoms with E-state index in [0.717, 1.165) is 12.1 Å². The summed E-state index contributed by atoms with van der Waals surface area (Å²) in [6, 6.07) is 1.75. The summed E-state index contributed by atoms with van der Waals surface area (Å²) < 4.78 is 209. The summed E-state index contributed by atoms with van der Waals surface area (Å²) in [5, 5.41) is 2.53. The van der Waals surface area contributed by atoms with Gasteiger partial charge in [-0.05, 0) is 46.2 Å². The van der Waals surface area contributed by atoms with Crippen molar-refractivity contribution in [3.63, 3.8) is 0 Å². The zero-order valence-electron chi connectivity index (χ0n) is 22.5. The predicted molar refractivity (Wildman–Crippen MR) is 127 cm³/mol. The molecule has 0 saturated heterocycles. The van der Waals surface area contributed by atoms with Gasteiger partial charge in [0, 0.05) is 0 Å². The van der Waals surface area contributed by atoms with Crippen LogP contribution in [0.1, 0.15) is 46.0 Å². The first-order valence-electron chi connectivity index (χ1n) is 12.8. The Morgan fingerprint density at radius 2 is 0.636 bits per heavy atom. The highest BCUT2D eigenvalue weighted by molar-refractivity contribution is 6.95. The van der Waals surface area contributed by atoms with Gasteiger partial charge in [-0.25, -0.2) is 65.9 Å². The average Bonchev–Trinajstić information content (AvgIpc) is 2.99. The van der Waals surface area contributed by atoms with E-state index in [1.165, 1.54) is 32.1 Å². The highest BCUT2D eigenvalue weighted by Gasteiger charge is 2.35. The third-order valence-corrected chi connectivity index (χ3v) is 6.90. The van der Waals surface area contributed by atoms with Crippen LogP contribution < -0.4 is 21.7 Å². The van der Waals surface area contributed by atoms with Gasteiger partial charge in [-0.15, -0.1) is 0 Å². The molecular weight excluding hydrogens is 634 g/mol. The lowest BCUT2D eigenvalue weighted by Crippen LogP contribution is -2.93. The van der Waals surface area contributed by atoms with Gasteiger partial charge in [-0.3, -0.25) is 0 Å². The van der Waals surface area contributed by atoms with Gasteiger partial charge in [0.25, 0.3) is 0 Å². The zero-order valence-corrected chi connectivity index (χ0v) is 22.5. The number of hydrogen-bond donors (Lipinski definition) is 1. The van der Waals surface area contributed by atoms with Gasteiger partial charge in [0.15, 0.2) is 52.4 Å². The van der Waals surface area contributed by atoms with E-state index >= 15 is 0 Å². The first kappa shape index (κ1) is 35.1. The van der Waals surface area contributed by atoms with Crippen LogP contribution in [0.4, 0.5) is 65.9 Å². The molecular formula is C27H20BF15N. The molecule has 1 saturated carbocycles. The van der Waals surface area contributed by atoms with Crippen molar-refractivity contribution in [1.29, 1.82) is 0 Å². The summed E-state index contributed by atoms with van der Waals surface area (Å²) in [7, 11) is 0. The smallest absolute Gasteiger partial charge is 0.200 e. The van der Waals surface area contributed by atoms with Gasteiger partial charge >= 0.3 is 0 Å². The van der Waals surface area contributed by atoms with Crippen molar-refractivity contribution in [2.45, 2.75) is 58.0 Å². The Morgan fingerprint density at radius 1 is 0.409 bits per heavy atom. The zero-order chi connectivity index (χ0) is 33.4. The molecule has 4 rings (SSSR count). The number of benzene rings is 3. The summed E-state index contributed by atoms with van der Waals surface area (Å²) in [6.45, 7) is 0.613. The van der Waals surface area contributed by atoms with E-state index in [1.807, 2.05) is 0 Å². The van der Waals surface area contributed by atoms with Gasteiger partial charge in [-0.1, -0.05) is 6.42 Å². The molecule has 0 amide bonds. The van der Waals surface area contributed by atoms with Crippen LogP contribution in [0.25, 0.3) is 0 Å². The van der Waals surface area contributed by atoms with Crippen LogP contribution in [0.3, 0.4) is 0 Å². The molecule has 1 radical (unpaired) electrons. The highest BCUT2D eigenvalue weighted by atomic mass is 19.2. The van der Waals surface area contributed by atoms with Gasteiger partial charge in [-0.2, -0.15) is 16.4 Å². The predicted octanol–water partition coefficient (Wildman–Crippen LogP) is 5.58. The maximum Gasteiger partial charge on any atom is 0.200 e. The first-order valence-corrected chi connectivity index (χ1v) is 12.8. The fourth-order valence-electron chi connectivity index (χ4n) is 4.93. The van der Waals surface area contributed by atoms with Crippen LogP contribution in [-0.4, -0.2) is 18.8 Å².